The summed E-state index contributed by atoms with van der Waals surface area (Å²) < 4.78 is 6.52. The van der Waals surface area contributed by atoms with Crippen molar-refractivity contribution in [1.29, 1.82) is 0 Å². The van der Waals surface area contributed by atoms with Gasteiger partial charge >= 0.3 is 0 Å². The molecule has 0 fully saturated rings. The van der Waals surface area contributed by atoms with Crippen molar-refractivity contribution >= 4 is 39.2 Å². The van der Waals surface area contributed by atoms with E-state index in [9.17, 15) is 4.79 Å². The predicted octanol–water partition coefficient (Wildman–Crippen LogP) is 4.08. The fraction of sp³-hybridized carbons (Fsp3) is 0.263. The molecular weight excluding hydrogens is 400 g/mol. The molecule has 0 radical (unpaired) electrons. The van der Waals surface area contributed by atoms with Crippen molar-refractivity contribution in [3.8, 4) is 5.75 Å². The molecule has 6 heteroatoms. The molecule has 25 heavy (non-hydrogen) atoms. The maximum atomic E-state index is 12.2. The molecule has 0 aliphatic heterocycles. The lowest BCUT2D eigenvalue weighted by Gasteiger charge is -2.13. The van der Waals surface area contributed by atoms with Crippen LogP contribution in [-0.2, 0) is 6.42 Å². The molecule has 2 rings (SSSR count). The Hall–Kier alpha value is -1.92. The Morgan fingerprint density at radius 3 is 2.56 bits per heavy atom. The molecule has 0 aliphatic carbocycles. The molecule has 0 aromatic heterocycles. The SMILES string of the molecule is CC(C)NC(=S)NC(=O)c1ccc(OCCc2ccccc2)c(Br)c1. The summed E-state index contributed by atoms with van der Waals surface area (Å²) in [4.78, 5) is 12.2. The summed E-state index contributed by atoms with van der Waals surface area (Å²) in [6.45, 7) is 4.48. The van der Waals surface area contributed by atoms with E-state index >= 15 is 0 Å². The lowest BCUT2D eigenvalue weighted by molar-refractivity contribution is 0.0976. The maximum absolute atomic E-state index is 12.2. The predicted molar refractivity (Wildman–Crippen MR) is 108 cm³/mol. The Morgan fingerprint density at radius 1 is 1.20 bits per heavy atom. The minimum atomic E-state index is -0.255. The van der Waals surface area contributed by atoms with Gasteiger partial charge in [-0.05, 0) is 65.8 Å². The number of rotatable bonds is 6. The van der Waals surface area contributed by atoms with E-state index in [1.54, 1.807) is 18.2 Å². The van der Waals surface area contributed by atoms with Gasteiger partial charge in [0.05, 0.1) is 11.1 Å². The first-order chi connectivity index (χ1) is 12.0. The molecule has 0 aliphatic rings. The molecule has 132 valence electrons. The Kier molecular flexibility index (Phi) is 7.40. The number of benzene rings is 2. The minimum absolute atomic E-state index is 0.167. The molecule has 0 unspecified atom stereocenters. The number of nitrogens with one attached hydrogen (secondary N) is 2. The molecule has 2 N–H and O–H groups in total. The smallest absolute Gasteiger partial charge is 0.257 e. The number of halogens is 1. The zero-order chi connectivity index (χ0) is 18.2. The second kappa shape index (κ2) is 9.53. The normalized spacial score (nSPS) is 10.4. The first-order valence-electron chi connectivity index (χ1n) is 8.04. The number of carbonyl (C=O) groups excluding carboxylic acids is 1. The highest BCUT2D eigenvalue weighted by molar-refractivity contribution is 9.10. The summed E-state index contributed by atoms with van der Waals surface area (Å²) in [6.07, 6.45) is 0.824. The van der Waals surface area contributed by atoms with Crippen molar-refractivity contribution in [2.24, 2.45) is 0 Å². The lowest BCUT2D eigenvalue weighted by Crippen LogP contribution is -2.42. The summed E-state index contributed by atoms with van der Waals surface area (Å²) in [7, 11) is 0. The fourth-order valence-corrected chi connectivity index (χ4v) is 2.98. The van der Waals surface area contributed by atoms with Crippen LogP contribution in [-0.4, -0.2) is 23.7 Å². The monoisotopic (exact) mass is 420 g/mol. The van der Waals surface area contributed by atoms with Crippen LogP contribution < -0.4 is 15.4 Å². The number of hydrogen-bond donors (Lipinski definition) is 2. The van der Waals surface area contributed by atoms with Gasteiger partial charge in [-0.1, -0.05) is 30.3 Å². The molecule has 1 amide bonds. The average molecular weight is 421 g/mol. The van der Waals surface area contributed by atoms with Crippen molar-refractivity contribution < 1.29 is 9.53 Å². The highest BCUT2D eigenvalue weighted by atomic mass is 79.9. The second-order valence-electron chi connectivity index (χ2n) is 5.81. The summed E-state index contributed by atoms with van der Waals surface area (Å²) in [5.41, 5.74) is 1.73. The van der Waals surface area contributed by atoms with Gasteiger partial charge in [-0.15, -0.1) is 0 Å². The number of ether oxygens (including phenoxy) is 1. The third-order valence-electron chi connectivity index (χ3n) is 3.33. The standard InChI is InChI=1S/C19H21BrN2O2S/c1-13(2)21-19(25)22-18(23)15-8-9-17(16(20)12-15)24-11-10-14-6-4-3-5-7-14/h3-9,12-13H,10-11H2,1-2H3,(H2,21,22,23,25). The van der Waals surface area contributed by atoms with Gasteiger partial charge in [0.15, 0.2) is 5.11 Å². The Morgan fingerprint density at radius 2 is 1.92 bits per heavy atom. The molecule has 2 aromatic carbocycles. The number of hydrogen-bond acceptors (Lipinski definition) is 3. The molecule has 0 spiro atoms. The minimum Gasteiger partial charge on any atom is -0.492 e. The van der Waals surface area contributed by atoms with Crippen LogP contribution in [0.4, 0.5) is 0 Å². The summed E-state index contributed by atoms with van der Waals surface area (Å²) >= 11 is 8.54. The van der Waals surface area contributed by atoms with E-state index in [0.29, 0.717) is 23.0 Å². The van der Waals surface area contributed by atoms with E-state index in [1.165, 1.54) is 5.56 Å². The van der Waals surface area contributed by atoms with Crippen LogP contribution in [0.2, 0.25) is 0 Å². The third kappa shape index (κ3) is 6.48. The number of amides is 1. The largest absolute Gasteiger partial charge is 0.492 e. The van der Waals surface area contributed by atoms with Crippen LogP contribution in [0.1, 0.15) is 29.8 Å². The van der Waals surface area contributed by atoms with Crippen LogP contribution in [0, 0.1) is 0 Å². The number of thiocarbonyl (C=S) groups is 1. The van der Waals surface area contributed by atoms with Gasteiger partial charge in [-0.2, -0.15) is 0 Å². The van der Waals surface area contributed by atoms with Gasteiger partial charge < -0.3 is 10.1 Å². The zero-order valence-electron chi connectivity index (χ0n) is 14.2. The molecule has 0 bridgehead atoms. The Bertz CT molecular complexity index is 735. The van der Waals surface area contributed by atoms with Crippen molar-refractivity contribution in [2.45, 2.75) is 26.3 Å². The summed E-state index contributed by atoms with van der Waals surface area (Å²) in [6, 6.07) is 15.5. The molecule has 2 aromatic rings. The van der Waals surface area contributed by atoms with Crippen molar-refractivity contribution in [1.82, 2.24) is 10.6 Å². The quantitative estimate of drug-likeness (QED) is 0.691. The highest BCUT2D eigenvalue weighted by Crippen LogP contribution is 2.26. The van der Waals surface area contributed by atoms with Crippen LogP contribution in [0.5, 0.6) is 5.75 Å². The topological polar surface area (TPSA) is 50.4 Å². The van der Waals surface area contributed by atoms with Gasteiger partial charge in [-0.25, -0.2) is 0 Å². The lowest BCUT2D eigenvalue weighted by atomic mass is 10.2. The molecule has 0 heterocycles. The van der Waals surface area contributed by atoms with Gasteiger partial charge in [0.1, 0.15) is 5.75 Å². The van der Waals surface area contributed by atoms with E-state index in [4.69, 9.17) is 17.0 Å². The zero-order valence-corrected chi connectivity index (χ0v) is 16.6. The van der Waals surface area contributed by atoms with E-state index in [1.807, 2.05) is 32.0 Å². The van der Waals surface area contributed by atoms with Crippen LogP contribution in [0.15, 0.2) is 53.0 Å². The van der Waals surface area contributed by atoms with Gasteiger partial charge in [0, 0.05) is 18.0 Å². The van der Waals surface area contributed by atoms with Gasteiger partial charge in [-0.3, -0.25) is 10.1 Å². The van der Waals surface area contributed by atoms with Crippen LogP contribution >= 0.6 is 28.1 Å². The van der Waals surface area contributed by atoms with Crippen molar-refractivity contribution in [3.05, 3.63) is 64.1 Å². The Balaban J connectivity index is 1.91. The van der Waals surface area contributed by atoms with Crippen LogP contribution in [0.25, 0.3) is 0 Å². The molecular formula is C19H21BrN2O2S. The summed E-state index contributed by atoms with van der Waals surface area (Å²) in [5, 5.41) is 5.95. The van der Waals surface area contributed by atoms with Gasteiger partial charge in [0.2, 0.25) is 0 Å². The second-order valence-corrected chi connectivity index (χ2v) is 7.07. The fourth-order valence-electron chi connectivity index (χ4n) is 2.16. The first kappa shape index (κ1) is 19.4. The van der Waals surface area contributed by atoms with Gasteiger partial charge in [0.25, 0.3) is 5.91 Å². The van der Waals surface area contributed by atoms with Crippen LogP contribution in [0.3, 0.4) is 0 Å². The van der Waals surface area contributed by atoms with Crippen molar-refractivity contribution in [2.75, 3.05) is 6.61 Å². The maximum Gasteiger partial charge on any atom is 0.257 e. The first-order valence-corrected chi connectivity index (χ1v) is 9.24. The average Bonchev–Trinajstić information content (AvgIpc) is 2.56. The molecule has 4 nitrogen and oxygen atoms in total. The Labute approximate surface area is 162 Å². The molecule has 0 saturated carbocycles. The van der Waals surface area contributed by atoms with E-state index in [0.717, 1.165) is 10.9 Å². The highest BCUT2D eigenvalue weighted by Gasteiger charge is 2.11. The van der Waals surface area contributed by atoms with E-state index < -0.39 is 0 Å². The third-order valence-corrected chi connectivity index (χ3v) is 4.17. The number of carbonyl (C=O) groups is 1. The van der Waals surface area contributed by atoms with Crippen molar-refractivity contribution in [3.63, 3.8) is 0 Å². The van der Waals surface area contributed by atoms with E-state index in [-0.39, 0.29) is 11.9 Å². The van der Waals surface area contributed by atoms with E-state index in [2.05, 4.69) is 38.7 Å². The molecule has 0 atom stereocenters. The molecule has 0 saturated heterocycles. The summed E-state index contributed by atoms with van der Waals surface area (Å²) in [5.74, 6) is 0.449.